The largest absolute Gasteiger partial charge is 0.399 e. The third-order valence-corrected chi connectivity index (χ3v) is 2.47. The molecule has 0 aliphatic rings. The summed E-state index contributed by atoms with van der Waals surface area (Å²) in [4.78, 5) is 11.8. The Hall–Kier alpha value is -2.30. The van der Waals surface area contributed by atoms with Crippen molar-refractivity contribution < 1.29 is 4.79 Å². The molecule has 0 aliphatic heterocycles. The molecule has 2 aromatic rings. The van der Waals surface area contributed by atoms with E-state index in [0.717, 1.165) is 5.56 Å². The van der Waals surface area contributed by atoms with Gasteiger partial charge in [0.2, 0.25) is 0 Å². The average molecular weight is 230 g/mol. The summed E-state index contributed by atoms with van der Waals surface area (Å²) < 4.78 is 1.59. The maximum atomic E-state index is 11.8. The van der Waals surface area contributed by atoms with Gasteiger partial charge in [0.1, 0.15) is 0 Å². The molecule has 0 fully saturated rings. The van der Waals surface area contributed by atoms with Crippen LogP contribution in [0.5, 0.6) is 0 Å². The highest BCUT2D eigenvalue weighted by Crippen LogP contribution is 2.17. The summed E-state index contributed by atoms with van der Waals surface area (Å²) >= 11 is 0. The molecule has 3 N–H and O–H groups in total. The van der Waals surface area contributed by atoms with Gasteiger partial charge in [0.25, 0.3) is 5.91 Å². The van der Waals surface area contributed by atoms with Crippen LogP contribution < -0.4 is 11.1 Å². The summed E-state index contributed by atoms with van der Waals surface area (Å²) in [6, 6.07) is 7.03. The second-order valence-corrected chi connectivity index (χ2v) is 3.90. The quantitative estimate of drug-likeness (QED) is 0.769. The summed E-state index contributed by atoms with van der Waals surface area (Å²) in [6.07, 6.45) is 1.73. The first-order valence-electron chi connectivity index (χ1n) is 5.23. The molecular formula is C12H14N4O. The zero-order valence-corrected chi connectivity index (χ0v) is 9.77. The lowest BCUT2D eigenvalue weighted by molar-refractivity contribution is 0.102. The number of aryl methyl sites for hydroxylation is 2. The SMILES string of the molecule is Cc1cc(NC(=O)c2ccn(C)n2)ccc1N. The van der Waals surface area contributed by atoms with E-state index < -0.39 is 0 Å². The van der Waals surface area contributed by atoms with Crippen LogP contribution in [-0.4, -0.2) is 15.7 Å². The van der Waals surface area contributed by atoms with Crippen molar-refractivity contribution in [3.63, 3.8) is 0 Å². The Balaban J connectivity index is 2.15. The van der Waals surface area contributed by atoms with Crippen molar-refractivity contribution in [1.29, 1.82) is 0 Å². The normalized spacial score (nSPS) is 10.2. The Morgan fingerprint density at radius 1 is 1.41 bits per heavy atom. The molecule has 0 aliphatic carbocycles. The lowest BCUT2D eigenvalue weighted by Crippen LogP contribution is -2.13. The van der Waals surface area contributed by atoms with Crippen LogP contribution in [0.3, 0.4) is 0 Å². The second kappa shape index (κ2) is 4.29. The fraction of sp³-hybridized carbons (Fsp3) is 0.167. The van der Waals surface area contributed by atoms with Gasteiger partial charge < -0.3 is 11.1 Å². The van der Waals surface area contributed by atoms with Crippen LogP contribution in [-0.2, 0) is 7.05 Å². The van der Waals surface area contributed by atoms with E-state index in [2.05, 4.69) is 10.4 Å². The van der Waals surface area contributed by atoms with Gasteiger partial charge in [-0.25, -0.2) is 0 Å². The van der Waals surface area contributed by atoms with Crippen LogP contribution in [0.15, 0.2) is 30.5 Å². The molecular weight excluding hydrogens is 216 g/mol. The van der Waals surface area contributed by atoms with Crippen molar-refractivity contribution in [2.75, 3.05) is 11.1 Å². The molecule has 0 atom stereocenters. The summed E-state index contributed by atoms with van der Waals surface area (Å²) in [5.41, 5.74) is 8.45. The van der Waals surface area contributed by atoms with Crippen LogP contribution in [0.25, 0.3) is 0 Å². The van der Waals surface area contributed by atoms with Crippen molar-refractivity contribution >= 4 is 17.3 Å². The van der Waals surface area contributed by atoms with Crippen LogP contribution in [0.2, 0.25) is 0 Å². The highest BCUT2D eigenvalue weighted by atomic mass is 16.1. The van der Waals surface area contributed by atoms with Gasteiger partial charge >= 0.3 is 0 Å². The number of carbonyl (C=O) groups is 1. The van der Waals surface area contributed by atoms with Crippen molar-refractivity contribution in [3.05, 3.63) is 41.7 Å². The molecule has 0 bridgehead atoms. The molecule has 5 heteroatoms. The summed E-state index contributed by atoms with van der Waals surface area (Å²) in [5, 5.41) is 6.80. The summed E-state index contributed by atoms with van der Waals surface area (Å²) in [5.74, 6) is -0.227. The average Bonchev–Trinajstić information content (AvgIpc) is 2.70. The van der Waals surface area contributed by atoms with E-state index in [1.807, 2.05) is 13.0 Å². The van der Waals surface area contributed by atoms with Gasteiger partial charge in [-0.05, 0) is 36.8 Å². The number of carbonyl (C=O) groups excluding carboxylic acids is 1. The molecule has 1 amide bonds. The first kappa shape index (κ1) is 11.2. The third kappa shape index (κ3) is 2.44. The molecule has 0 radical (unpaired) electrons. The molecule has 0 spiro atoms. The van der Waals surface area contributed by atoms with Crippen molar-refractivity contribution in [3.8, 4) is 0 Å². The van der Waals surface area contributed by atoms with Crippen LogP contribution in [0.4, 0.5) is 11.4 Å². The van der Waals surface area contributed by atoms with E-state index in [1.165, 1.54) is 0 Å². The zero-order chi connectivity index (χ0) is 12.4. The van der Waals surface area contributed by atoms with Gasteiger partial charge in [-0.3, -0.25) is 9.48 Å². The molecule has 17 heavy (non-hydrogen) atoms. The monoisotopic (exact) mass is 230 g/mol. The first-order valence-corrected chi connectivity index (χ1v) is 5.23. The maximum Gasteiger partial charge on any atom is 0.276 e. The van der Waals surface area contributed by atoms with Gasteiger partial charge in [0.05, 0.1) is 0 Å². The van der Waals surface area contributed by atoms with E-state index >= 15 is 0 Å². The Morgan fingerprint density at radius 2 is 2.18 bits per heavy atom. The van der Waals surface area contributed by atoms with Crippen molar-refractivity contribution in [2.24, 2.45) is 7.05 Å². The summed E-state index contributed by atoms with van der Waals surface area (Å²) in [6.45, 7) is 1.89. The fourth-order valence-corrected chi connectivity index (χ4v) is 1.48. The minimum absolute atomic E-state index is 0.227. The van der Waals surface area contributed by atoms with Crippen LogP contribution in [0, 0.1) is 6.92 Å². The maximum absolute atomic E-state index is 11.8. The molecule has 0 saturated heterocycles. The number of aromatic nitrogens is 2. The molecule has 0 saturated carbocycles. The highest BCUT2D eigenvalue weighted by Gasteiger charge is 2.09. The Morgan fingerprint density at radius 3 is 2.76 bits per heavy atom. The number of nitrogen functional groups attached to an aromatic ring is 1. The van der Waals surface area contributed by atoms with E-state index in [4.69, 9.17) is 5.73 Å². The molecule has 0 unspecified atom stereocenters. The number of anilines is 2. The van der Waals surface area contributed by atoms with E-state index in [0.29, 0.717) is 17.1 Å². The van der Waals surface area contributed by atoms with Gasteiger partial charge in [-0.2, -0.15) is 5.10 Å². The second-order valence-electron chi connectivity index (χ2n) is 3.90. The molecule has 1 heterocycles. The number of hydrogen-bond donors (Lipinski definition) is 2. The number of nitrogens with one attached hydrogen (secondary N) is 1. The van der Waals surface area contributed by atoms with Gasteiger partial charge in [-0.15, -0.1) is 0 Å². The zero-order valence-electron chi connectivity index (χ0n) is 9.77. The topological polar surface area (TPSA) is 72.9 Å². The number of nitrogens with zero attached hydrogens (tertiary/aromatic N) is 2. The van der Waals surface area contributed by atoms with E-state index in [-0.39, 0.29) is 5.91 Å². The fourth-order valence-electron chi connectivity index (χ4n) is 1.48. The molecule has 88 valence electrons. The van der Waals surface area contributed by atoms with E-state index in [1.54, 1.807) is 36.1 Å². The van der Waals surface area contributed by atoms with Crippen molar-refractivity contribution in [1.82, 2.24) is 9.78 Å². The smallest absolute Gasteiger partial charge is 0.276 e. The molecule has 1 aromatic heterocycles. The van der Waals surface area contributed by atoms with Crippen LogP contribution in [0.1, 0.15) is 16.1 Å². The molecule has 1 aromatic carbocycles. The Kier molecular flexibility index (Phi) is 2.82. The molecule has 5 nitrogen and oxygen atoms in total. The number of nitrogens with two attached hydrogens (primary N) is 1. The standard InChI is InChI=1S/C12H14N4O/c1-8-7-9(3-4-10(8)13)14-12(17)11-5-6-16(2)15-11/h3-7H,13H2,1-2H3,(H,14,17). The number of hydrogen-bond acceptors (Lipinski definition) is 3. The minimum atomic E-state index is -0.227. The van der Waals surface area contributed by atoms with Gasteiger partial charge in [-0.1, -0.05) is 0 Å². The van der Waals surface area contributed by atoms with E-state index in [9.17, 15) is 4.79 Å². The van der Waals surface area contributed by atoms with Gasteiger partial charge in [0.15, 0.2) is 5.69 Å². The lowest BCUT2D eigenvalue weighted by Gasteiger charge is -2.06. The van der Waals surface area contributed by atoms with Crippen molar-refractivity contribution in [2.45, 2.75) is 6.92 Å². The van der Waals surface area contributed by atoms with Gasteiger partial charge in [0, 0.05) is 24.6 Å². The van der Waals surface area contributed by atoms with Crippen LogP contribution >= 0.6 is 0 Å². The predicted molar refractivity (Wildman–Crippen MR) is 66.8 cm³/mol. The number of benzene rings is 1. The Bertz CT molecular complexity index is 559. The number of rotatable bonds is 2. The lowest BCUT2D eigenvalue weighted by atomic mass is 10.2. The first-order chi connectivity index (χ1) is 8.06. The Labute approximate surface area is 99.2 Å². The summed E-state index contributed by atoms with van der Waals surface area (Å²) in [7, 11) is 1.77. The minimum Gasteiger partial charge on any atom is -0.399 e. The molecule has 2 rings (SSSR count). The highest BCUT2D eigenvalue weighted by molar-refractivity contribution is 6.02. The third-order valence-electron chi connectivity index (χ3n) is 2.47. The predicted octanol–water partition coefficient (Wildman–Crippen LogP) is 1.56. The number of amides is 1.